The fraction of sp³-hybridized carbons (Fsp3) is 0.0625. The highest BCUT2D eigenvalue weighted by Crippen LogP contribution is 2.37. The van der Waals surface area contributed by atoms with Crippen LogP contribution in [0.1, 0.15) is 5.76 Å². The number of hydrogen-bond donors (Lipinski definition) is 2. The normalized spacial score (nSPS) is 12.3. The third-order valence-electron chi connectivity index (χ3n) is 3.76. The molecule has 1 heterocycles. The van der Waals surface area contributed by atoms with Crippen molar-refractivity contribution < 1.29 is 21.4 Å². The van der Waals surface area contributed by atoms with Gasteiger partial charge >= 0.3 is 0 Å². The van der Waals surface area contributed by atoms with Crippen LogP contribution in [0.25, 0.3) is 22.4 Å². The van der Waals surface area contributed by atoms with Crippen LogP contribution in [-0.4, -0.2) is 22.0 Å². The molecule has 0 saturated heterocycles. The molecular formula is C16H15N3O5S2. The lowest BCUT2D eigenvalue weighted by atomic mass is 9.99. The molecular weight excluding hydrogens is 378 g/mol. The Morgan fingerprint density at radius 3 is 2.27 bits per heavy atom. The van der Waals surface area contributed by atoms with Gasteiger partial charge in [-0.3, -0.25) is 0 Å². The van der Waals surface area contributed by atoms with Gasteiger partial charge in [0, 0.05) is 5.56 Å². The molecule has 10 heteroatoms. The maximum atomic E-state index is 11.9. The third kappa shape index (κ3) is 3.40. The van der Waals surface area contributed by atoms with Crippen LogP contribution in [0.15, 0.2) is 62.8 Å². The van der Waals surface area contributed by atoms with Crippen molar-refractivity contribution >= 4 is 20.0 Å². The SMILES string of the molecule is Cc1onc(-c2ccccc2S(N)(=O)=O)c1-c1cccc(S(N)(=O)=O)c1. The Bertz CT molecular complexity index is 1200. The van der Waals surface area contributed by atoms with Crippen LogP contribution in [-0.2, 0) is 20.0 Å². The van der Waals surface area contributed by atoms with E-state index in [9.17, 15) is 16.8 Å². The quantitative estimate of drug-likeness (QED) is 0.688. The lowest BCUT2D eigenvalue weighted by Gasteiger charge is -2.08. The van der Waals surface area contributed by atoms with E-state index in [-0.39, 0.29) is 21.0 Å². The number of aryl methyl sites for hydroxylation is 1. The van der Waals surface area contributed by atoms with E-state index in [1.807, 2.05) is 0 Å². The highest BCUT2D eigenvalue weighted by atomic mass is 32.2. The van der Waals surface area contributed by atoms with Gasteiger partial charge in [-0.1, -0.05) is 35.5 Å². The summed E-state index contributed by atoms with van der Waals surface area (Å²) in [7, 11) is -7.91. The molecule has 8 nitrogen and oxygen atoms in total. The molecule has 0 aliphatic carbocycles. The fourth-order valence-electron chi connectivity index (χ4n) is 2.63. The van der Waals surface area contributed by atoms with Crippen LogP contribution < -0.4 is 10.3 Å². The third-order valence-corrected chi connectivity index (χ3v) is 5.64. The summed E-state index contributed by atoms with van der Waals surface area (Å²) in [4.78, 5) is -0.196. The minimum Gasteiger partial charge on any atom is -0.360 e. The van der Waals surface area contributed by atoms with E-state index in [4.69, 9.17) is 14.8 Å². The van der Waals surface area contributed by atoms with Gasteiger partial charge in [-0.2, -0.15) is 0 Å². The second-order valence-corrected chi connectivity index (χ2v) is 8.67. The van der Waals surface area contributed by atoms with Gasteiger partial charge in [-0.15, -0.1) is 0 Å². The van der Waals surface area contributed by atoms with E-state index in [1.54, 1.807) is 25.1 Å². The van der Waals surface area contributed by atoms with Gasteiger partial charge in [0.1, 0.15) is 11.5 Å². The first kappa shape index (κ1) is 18.3. The lowest BCUT2D eigenvalue weighted by Crippen LogP contribution is -2.13. The molecule has 0 spiro atoms. The van der Waals surface area contributed by atoms with Gasteiger partial charge in [0.25, 0.3) is 0 Å². The first-order chi connectivity index (χ1) is 12.1. The maximum absolute atomic E-state index is 11.9. The Kier molecular flexibility index (Phi) is 4.44. The molecule has 3 aromatic rings. The molecule has 136 valence electrons. The second kappa shape index (κ2) is 6.32. The largest absolute Gasteiger partial charge is 0.360 e. The summed E-state index contributed by atoms with van der Waals surface area (Å²) in [5.74, 6) is 0.385. The van der Waals surface area contributed by atoms with Crippen molar-refractivity contribution in [2.75, 3.05) is 0 Å². The predicted octanol–water partition coefficient (Wildman–Crippen LogP) is 1.61. The lowest BCUT2D eigenvalue weighted by molar-refractivity contribution is 0.400. The van der Waals surface area contributed by atoms with Gasteiger partial charge in [0.15, 0.2) is 0 Å². The van der Waals surface area contributed by atoms with E-state index < -0.39 is 20.0 Å². The Morgan fingerprint density at radius 2 is 1.62 bits per heavy atom. The molecule has 0 amide bonds. The number of hydrogen-bond acceptors (Lipinski definition) is 6. The van der Waals surface area contributed by atoms with Crippen LogP contribution in [0, 0.1) is 6.92 Å². The number of primary sulfonamides is 2. The molecule has 0 aliphatic heterocycles. The fourth-order valence-corrected chi connectivity index (χ4v) is 3.93. The molecule has 0 aliphatic rings. The minimum absolute atomic E-state index is 0.0821. The Balaban J connectivity index is 2.29. The molecule has 0 fully saturated rings. The highest BCUT2D eigenvalue weighted by Gasteiger charge is 2.23. The van der Waals surface area contributed by atoms with Crippen LogP contribution in [0.5, 0.6) is 0 Å². The molecule has 0 bridgehead atoms. The zero-order valence-corrected chi connectivity index (χ0v) is 15.2. The van der Waals surface area contributed by atoms with Crippen LogP contribution in [0.4, 0.5) is 0 Å². The topological polar surface area (TPSA) is 146 Å². The first-order valence-electron chi connectivity index (χ1n) is 7.31. The van der Waals surface area contributed by atoms with Crippen molar-refractivity contribution in [1.82, 2.24) is 5.16 Å². The molecule has 26 heavy (non-hydrogen) atoms. The Hall–Kier alpha value is -2.53. The average molecular weight is 393 g/mol. The van der Waals surface area contributed by atoms with Crippen LogP contribution >= 0.6 is 0 Å². The Morgan fingerprint density at radius 1 is 0.923 bits per heavy atom. The van der Waals surface area contributed by atoms with Gasteiger partial charge in [0.05, 0.1) is 15.4 Å². The van der Waals surface area contributed by atoms with E-state index in [0.717, 1.165) is 0 Å². The van der Waals surface area contributed by atoms with Crippen molar-refractivity contribution in [2.45, 2.75) is 16.7 Å². The number of benzene rings is 2. The Labute approximate surface area is 150 Å². The molecule has 0 radical (unpaired) electrons. The minimum atomic E-state index is -4.00. The first-order valence-corrected chi connectivity index (χ1v) is 10.4. The van der Waals surface area contributed by atoms with Crippen molar-refractivity contribution in [2.24, 2.45) is 10.3 Å². The molecule has 4 N–H and O–H groups in total. The molecule has 0 atom stereocenters. The molecule has 0 saturated carbocycles. The number of nitrogens with two attached hydrogens (primary N) is 2. The van der Waals surface area contributed by atoms with Gasteiger partial charge in [0.2, 0.25) is 20.0 Å². The van der Waals surface area contributed by atoms with Gasteiger partial charge < -0.3 is 4.52 Å². The van der Waals surface area contributed by atoms with Crippen LogP contribution in [0.3, 0.4) is 0 Å². The van der Waals surface area contributed by atoms with Gasteiger partial charge in [-0.25, -0.2) is 27.1 Å². The smallest absolute Gasteiger partial charge is 0.238 e. The van der Waals surface area contributed by atoms with Crippen molar-refractivity contribution in [1.29, 1.82) is 0 Å². The summed E-state index contributed by atoms with van der Waals surface area (Å²) in [5.41, 5.74) is 1.41. The maximum Gasteiger partial charge on any atom is 0.238 e. The summed E-state index contributed by atoms with van der Waals surface area (Å²) >= 11 is 0. The van der Waals surface area contributed by atoms with E-state index in [1.165, 1.54) is 30.3 Å². The summed E-state index contributed by atoms with van der Waals surface area (Å²) in [5, 5.41) is 14.4. The van der Waals surface area contributed by atoms with E-state index in [0.29, 0.717) is 16.9 Å². The number of sulfonamides is 2. The van der Waals surface area contributed by atoms with Crippen molar-refractivity contribution in [3.05, 3.63) is 54.3 Å². The zero-order valence-electron chi connectivity index (χ0n) is 13.6. The highest BCUT2D eigenvalue weighted by molar-refractivity contribution is 7.89. The monoisotopic (exact) mass is 393 g/mol. The molecule has 1 aromatic heterocycles. The van der Waals surface area contributed by atoms with E-state index >= 15 is 0 Å². The molecule has 3 rings (SSSR count). The molecule has 2 aromatic carbocycles. The summed E-state index contributed by atoms with van der Waals surface area (Å²) < 4.78 is 52.3. The van der Waals surface area contributed by atoms with Gasteiger partial charge in [-0.05, 0) is 30.7 Å². The second-order valence-electron chi connectivity index (χ2n) is 5.58. The number of aromatic nitrogens is 1. The molecule has 0 unspecified atom stereocenters. The van der Waals surface area contributed by atoms with Crippen molar-refractivity contribution in [3.8, 4) is 22.4 Å². The van der Waals surface area contributed by atoms with E-state index in [2.05, 4.69) is 5.16 Å². The summed E-state index contributed by atoms with van der Waals surface area (Å²) in [6.07, 6.45) is 0. The number of nitrogens with zero attached hydrogens (tertiary/aromatic N) is 1. The number of rotatable bonds is 4. The zero-order chi connectivity index (χ0) is 19.1. The van der Waals surface area contributed by atoms with Crippen molar-refractivity contribution in [3.63, 3.8) is 0 Å². The standard InChI is InChI=1S/C16H15N3O5S2/c1-10-15(11-5-4-6-12(9-11)25(17,20)21)16(19-24-10)13-7-2-3-8-14(13)26(18,22)23/h2-9H,1H3,(H2,17,20,21)(H2,18,22,23). The predicted molar refractivity (Wildman–Crippen MR) is 94.9 cm³/mol. The summed E-state index contributed by atoms with van der Waals surface area (Å²) in [6, 6.07) is 12.0. The average Bonchev–Trinajstić information content (AvgIpc) is 2.95. The van der Waals surface area contributed by atoms with Crippen LogP contribution in [0.2, 0.25) is 0 Å². The summed E-state index contributed by atoms with van der Waals surface area (Å²) in [6.45, 7) is 1.63.